The van der Waals surface area contributed by atoms with Crippen molar-refractivity contribution in [3.63, 3.8) is 0 Å². The fourth-order valence-corrected chi connectivity index (χ4v) is 3.06. The number of carbonyl (C=O) groups is 1. The van der Waals surface area contributed by atoms with Gasteiger partial charge in [0.1, 0.15) is 11.3 Å². The summed E-state index contributed by atoms with van der Waals surface area (Å²) in [6.07, 6.45) is 2.93. The molecule has 132 valence electrons. The van der Waals surface area contributed by atoms with Crippen LogP contribution >= 0.6 is 0 Å². The van der Waals surface area contributed by atoms with Crippen molar-refractivity contribution >= 4 is 28.2 Å². The summed E-state index contributed by atoms with van der Waals surface area (Å²) in [4.78, 5) is 16.2. The predicted octanol–water partition coefficient (Wildman–Crippen LogP) is 3.73. The zero-order chi connectivity index (χ0) is 18.3. The van der Waals surface area contributed by atoms with Crippen molar-refractivity contribution < 1.29 is 19.1 Å². The third kappa shape index (κ3) is 2.49. The molecular formula is C19H17N3O4. The first-order chi connectivity index (χ1) is 12.6. The Labute approximate surface area is 148 Å². The highest BCUT2D eigenvalue weighted by Gasteiger charge is 2.19. The van der Waals surface area contributed by atoms with E-state index < -0.39 is 6.09 Å². The summed E-state index contributed by atoms with van der Waals surface area (Å²) in [5, 5.41) is 14.4. The van der Waals surface area contributed by atoms with Gasteiger partial charge >= 0.3 is 6.09 Å². The molecular weight excluding hydrogens is 334 g/mol. The van der Waals surface area contributed by atoms with Crippen molar-refractivity contribution in [3.05, 3.63) is 54.0 Å². The van der Waals surface area contributed by atoms with Crippen LogP contribution in [-0.2, 0) is 11.3 Å². The lowest BCUT2D eigenvalue weighted by Crippen LogP contribution is -2.10. The van der Waals surface area contributed by atoms with Crippen molar-refractivity contribution in [2.75, 3.05) is 12.4 Å². The van der Waals surface area contributed by atoms with E-state index >= 15 is 0 Å². The number of aryl methyl sites for hydroxylation is 1. The maximum absolute atomic E-state index is 11.5. The average molecular weight is 351 g/mol. The van der Waals surface area contributed by atoms with E-state index in [0.29, 0.717) is 28.5 Å². The number of anilines is 1. The van der Waals surface area contributed by atoms with E-state index in [1.807, 2.05) is 41.8 Å². The van der Waals surface area contributed by atoms with Gasteiger partial charge in [-0.2, -0.15) is 0 Å². The molecule has 4 rings (SSSR count). The molecule has 7 heteroatoms. The molecule has 0 saturated carbocycles. The Bertz CT molecular complexity index is 1130. The van der Waals surface area contributed by atoms with E-state index in [-0.39, 0.29) is 6.61 Å². The third-order valence-electron chi connectivity index (χ3n) is 4.37. The molecule has 1 aromatic carbocycles. The fourth-order valence-electron chi connectivity index (χ4n) is 3.06. The molecule has 2 N–H and O–H groups in total. The Morgan fingerprint density at radius 2 is 2.19 bits per heavy atom. The molecule has 0 aliphatic carbocycles. The molecule has 0 radical (unpaired) electrons. The number of nitrogens with zero attached hydrogens (tertiary/aromatic N) is 2. The summed E-state index contributed by atoms with van der Waals surface area (Å²) in [5.41, 5.74) is 3.47. The number of aromatic nitrogens is 2. The van der Waals surface area contributed by atoms with Crippen LogP contribution in [0.15, 0.2) is 47.2 Å². The number of aliphatic hydroxyl groups excluding tert-OH is 1. The van der Waals surface area contributed by atoms with Crippen LogP contribution in [0.3, 0.4) is 0 Å². The first kappa shape index (κ1) is 16.2. The topological polar surface area (TPSA) is 89.0 Å². The first-order valence-electron chi connectivity index (χ1n) is 8.06. The third-order valence-corrected chi connectivity index (χ3v) is 4.37. The maximum Gasteiger partial charge on any atom is 0.411 e. The number of methoxy groups -OCH3 is 1. The quantitative estimate of drug-likeness (QED) is 0.587. The zero-order valence-corrected chi connectivity index (χ0v) is 14.3. The van der Waals surface area contributed by atoms with Gasteiger partial charge in [-0.1, -0.05) is 6.07 Å². The van der Waals surface area contributed by atoms with Crippen molar-refractivity contribution in [3.8, 4) is 11.5 Å². The van der Waals surface area contributed by atoms with E-state index in [4.69, 9.17) is 9.40 Å². The van der Waals surface area contributed by atoms with Crippen LogP contribution in [0.25, 0.3) is 27.9 Å². The van der Waals surface area contributed by atoms with Crippen LogP contribution in [0.1, 0.15) is 11.3 Å². The van der Waals surface area contributed by atoms with Gasteiger partial charge in [0, 0.05) is 17.3 Å². The number of aliphatic hydroxyl groups is 1. The van der Waals surface area contributed by atoms with E-state index in [9.17, 15) is 9.90 Å². The molecule has 0 unspecified atom stereocenters. The summed E-state index contributed by atoms with van der Waals surface area (Å²) in [7, 11) is 1.31. The summed E-state index contributed by atoms with van der Waals surface area (Å²) in [5.74, 6) is 0.634. The van der Waals surface area contributed by atoms with Crippen LogP contribution in [0, 0.1) is 6.92 Å². The number of carbonyl (C=O) groups excluding carboxylic acids is 1. The number of furan rings is 1. The summed E-state index contributed by atoms with van der Waals surface area (Å²) in [6.45, 7) is 1.75. The highest BCUT2D eigenvalue weighted by Crippen LogP contribution is 2.31. The molecule has 0 fully saturated rings. The number of hydrogen-bond donors (Lipinski definition) is 2. The van der Waals surface area contributed by atoms with Crippen molar-refractivity contribution in [2.45, 2.75) is 13.5 Å². The number of fused-ring (bicyclic) bond motifs is 3. The minimum absolute atomic E-state index is 0.178. The molecule has 0 aliphatic heterocycles. The molecule has 1 amide bonds. The largest absolute Gasteiger partial charge is 0.462 e. The number of rotatable bonds is 3. The van der Waals surface area contributed by atoms with E-state index in [1.54, 1.807) is 12.3 Å². The molecule has 0 spiro atoms. The maximum atomic E-state index is 11.5. The molecule has 0 atom stereocenters. The molecule has 3 aromatic heterocycles. The van der Waals surface area contributed by atoms with Gasteiger partial charge in [0.15, 0.2) is 5.76 Å². The van der Waals surface area contributed by atoms with Crippen molar-refractivity contribution in [1.29, 1.82) is 0 Å². The summed E-state index contributed by atoms with van der Waals surface area (Å²) in [6, 6.07) is 9.31. The molecule has 4 aromatic rings. The van der Waals surface area contributed by atoms with Crippen molar-refractivity contribution in [1.82, 2.24) is 9.38 Å². The molecule has 0 aliphatic rings. The summed E-state index contributed by atoms with van der Waals surface area (Å²) < 4.78 is 12.0. The van der Waals surface area contributed by atoms with Gasteiger partial charge in [-0.05, 0) is 42.1 Å². The minimum atomic E-state index is -0.539. The second-order valence-corrected chi connectivity index (χ2v) is 5.93. The highest BCUT2D eigenvalue weighted by atomic mass is 16.5. The molecule has 3 heterocycles. The zero-order valence-electron chi connectivity index (χ0n) is 14.3. The first-order valence-corrected chi connectivity index (χ1v) is 8.06. The van der Waals surface area contributed by atoms with E-state index in [2.05, 4.69) is 10.1 Å². The number of imidazole rings is 1. The van der Waals surface area contributed by atoms with E-state index in [1.165, 1.54) is 7.11 Å². The lowest BCUT2D eigenvalue weighted by molar-refractivity contribution is 0.187. The van der Waals surface area contributed by atoms with Gasteiger partial charge in [-0.3, -0.25) is 5.32 Å². The van der Waals surface area contributed by atoms with Crippen LogP contribution < -0.4 is 5.32 Å². The smallest absolute Gasteiger partial charge is 0.411 e. The second kappa shape index (κ2) is 6.20. The van der Waals surface area contributed by atoms with Crippen LogP contribution in [0.2, 0.25) is 0 Å². The van der Waals surface area contributed by atoms with E-state index in [0.717, 1.165) is 16.3 Å². The van der Waals surface area contributed by atoms with Gasteiger partial charge in [0.05, 0.1) is 25.7 Å². The SMILES string of the molecule is COC(=O)Nc1ccc2ccn3c(CO)c(-c4occc4C)nc3c2c1. The standard InChI is InChI=1S/C19H17N3O4/c1-11-6-8-26-17(11)16-15(10-23)22-7-5-12-3-4-13(20-19(24)25-2)9-14(12)18(22)21-16/h3-9,23H,10H2,1-2H3,(H,20,24). The highest BCUT2D eigenvalue weighted by molar-refractivity contribution is 5.98. The minimum Gasteiger partial charge on any atom is -0.462 e. The van der Waals surface area contributed by atoms with Gasteiger partial charge in [0.2, 0.25) is 0 Å². The second-order valence-electron chi connectivity index (χ2n) is 5.93. The Hall–Kier alpha value is -3.32. The number of hydrogen-bond acceptors (Lipinski definition) is 5. The van der Waals surface area contributed by atoms with Crippen molar-refractivity contribution in [2.24, 2.45) is 0 Å². The monoisotopic (exact) mass is 351 g/mol. The molecule has 26 heavy (non-hydrogen) atoms. The van der Waals surface area contributed by atoms with Crippen LogP contribution in [0.5, 0.6) is 0 Å². The summed E-state index contributed by atoms with van der Waals surface area (Å²) >= 11 is 0. The lowest BCUT2D eigenvalue weighted by Gasteiger charge is -2.07. The van der Waals surface area contributed by atoms with Crippen LogP contribution in [0.4, 0.5) is 10.5 Å². The van der Waals surface area contributed by atoms with Gasteiger partial charge in [-0.25, -0.2) is 9.78 Å². The van der Waals surface area contributed by atoms with Gasteiger partial charge in [-0.15, -0.1) is 0 Å². The molecule has 7 nitrogen and oxygen atoms in total. The number of pyridine rings is 1. The molecule has 0 bridgehead atoms. The Morgan fingerprint density at radius 1 is 1.35 bits per heavy atom. The Morgan fingerprint density at radius 3 is 2.88 bits per heavy atom. The Balaban J connectivity index is 1.97. The normalized spacial score (nSPS) is 11.2. The number of benzene rings is 1. The van der Waals surface area contributed by atoms with Crippen LogP contribution in [-0.4, -0.2) is 27.7 Å². The van der Waals surface area contributed by atoms with Gasteiger partial charge < -0.3 is 18.7 Å². The fraction of sp³-hybridized carbons (Fsp3) is 0.158. The lowest BCUT2D eigenvalue weighted by atomic mass is 10.1. The van der Waals surface area contributed by atoms with Gasteiger partial charge in [0.25, 0.3) is 0 Å². The number of ether oxygens (including phenoxy) is 1. The number of nitrogens with one attached hydrogen (secondary N) is 1. The average Bonchev–Trinajstić information content (AvgIpc) is 3.24. The Kier molecular flexibility index (Phi) is 3.85. The number of amides is 1. The predicted molar refractivity (Wildman–Crippen MR) is 97.1 cm³/mol. The molecule has 0 saturated heterocycles.